The predicted octanol–water partition coefficient (Wildman–Crippen LogP) is 1.32. The standard InChI is InChI=1S/C13H25NO3S/c1-8(2)16-11-10(7-15)14-5-6-18-13(14)12(11)17-9(3)4/h8-13,15H,5-7H2,1-4H3/t10-,11+,12+,13-/m0/s1. The van der Waals surface area contributed by atoms with Gasteiger partial charge < -0.3 is 14.6 Å². The Hall–Kier alpha value is 0.190. The molecule has 0 aromatic heterocycles. The lowest BCUT2D eigenvalue weighted by Crippen LogP contribution is -2.43. The van der Waals surface area contributed by atoms with E-state index >= 15 is 0 Å². The zero-order valence-corrected chi connectivity index (χ0v) is 12.5. The number of hydrogen-bond acceptors (Lipinski definition) is 5. The van der Waals surface area contributed by atoms with Crippen molar-refractivity contribution in [2.45, 2.75) is 63.5 Å². The number of nitrogens with zero attached hydrogens (tertiary/aromatic N) is 1. The van der Waals surface area contributed by atoms with E-state index in [1.807, 2.05) is 25.6 Å². The van der Waals surface area contributed by atoms with Gasteiger partial charge in [0.05, 0.1) is 30.2 Å². The maximum Gasteiger partial charge on any atom is 0.110 e. The van der Waals surface area contributed by atoms with E-state index in [1.165, 1.54) is 0 Å². The van der Waals surface area contributed by atoms with Gasteiger partial charge in [0.15, 0.2) is 0 Å². The maximum atomic E-state index is 9.66. The normalized spacial score (nSPS) is 36.8. The van der Waals surface area contributed by atoms with Crippen LogP contribution in [0.15, 0.2) is 0 Å². The monoisotopic (exact) mass is 275 g/mol. The van der Waals surface area contributed by atoms with Gasteiger partial charge in [0, 0.05) is 12.3 Å². The molecule has 18 heavy (non-hydrogen) atoms. The lowest BCUT2D eigenvalue weighted by atomic mass is 10.1. The van der Waals surface area contributed by atoms with Crippen molar-refractivity contribution < 1.29 is 14.6 Å². The Bertz CT molecular complexity index is 265. The Morgan fingerprint density at radius 2 is 1.78 bits per heavy atom. The van der Waals surface area contributed by atoms with Crippen molar-refractivity contribution in [3.05, 3.63) is 0 Å². The van der Waals surface area contributed by atoms with Gasteiger partial charge >= 0.3 is 0 Å². The first-order valence-electron chi connectivity index (χ1n) is 6.83. The topological polar surface area (TPSA) is 41.9 Å². The van der Waals surface area contributed by atoms with Crippen molar-refractivity contribution in [1.82, 2.24) is 4.90 Å². The summed E-state index contributed by atoms with van der Waals surface area (Å²) in [6, 6.07) is 0.0798. The molecule has 0 radical (unpaired) electrons. The summed E-state index contributed by atoms with van der Waals surface area (Å²) in [5, 5.41) is 10.0. The summed E-state index contributed by atoms with van der Waals surface area (Å²) in [6.45, 7) is 9.36. The smallest absolute Gasteiger partial charge is 0.110 e. The molecule has 4 atom stereocenters. The average Bonchev–Trinajstić information content (AvgIpc) is 2.81. The highest BCUT2D eigenvalue weighted by molar-refractivity contribution is 8.00. The number of thioether (sulfide) groups is 1. The van der Waals surface area contributed by atoms with Gasteiger partial charge in [0.1, 0.15) is 12.2 Å². The molecule has 5 heteroatoms. The van der Waals surface area contributed by atoms with E-state index in [4.69, 9.17) is 9.47 Å². The van der Waals surface area contributed by atoms with E-state index in [0.717, 1.165) is 12.3 Å². The van der Waals surface area contributed by atoms with E-state index in [-0.39, 0.29) is 37.1 Å². The largest absolute Gasteiger partial charge is 0.395 e. The fraction of sp³-hybridized carbons (Fsp3) is 1.00. The molecule has 0 aromatic rings. The van der Waals surface area contributed by atoms with E-state index in [2.05, 4.69) is 18.7 Å². The highest BCUT2D eigenvalue weighted by Crippen LogP contribution is 2.40. The number of aliphatic hydroxyl groups excluding tert-OH is 1. The third-order valence-corrected chi connectivity index (χ3v) is 4.72. The van der Waals surface area contributed by atoms with Crippen LogP contribution in [0.1, 0.15) is 27.7 Å². The third kappa shape index (κ3) is 2.85. The number of fused-ring (bicyclic) bond motifs is 1. The third-order valence-electron chi connectivity index (χ3n) is 3.42. The van der Waals surface area contributed by atoms with Crippen molar-refractivity contribution in [2.75, 3.05) is 18.9 Å². The van der Waals surface area contributed by atoms with Crippen LogP contribution < -0.4 is 0 Å². The second-order valence-corrected chi connectivity index (χ2v) is 6.77. The summed E-state index contributed by atoms with van der Waals surface area (Å²) in [6.07, 6.45) is 0.397. The number of aliphatic hydroxyl groups is 1. The lowest BCUT2D eigenvalue weighted by Gasteiger charge is -2.28. The zero-order chi connectivity index (χ0) is 13.3. The quantitative estimate of drug-likeness (QED) is 0.820. The summed E-state index contributed by atoms with van der Waals surface area (Å²) >= 11 is 1.92. The van der Waals surface area contributed by atoms with Crippen LogP contribution in [0.2, 0.25) is 0 Å². The highest BCUT2D eigenvalue weighted by Gasteiger charge is 2.52. The van der Waals surface area contributed by atoms with E-state index < -0.39 is 0 Å². The summed E-state index contributed by atoms with van der Waals surface area (Å²) in [7, 11) is 0. The lowest BCUT2D eigenvalue weighted by molar-refractivity contribution is -0.102. The maximum absolute atomic E-state index is 9.66. The molecule has 106 valence electrons. The second-order valence-electron chi connectivity index (χ2n) is 5.55. The number of hydrogen-bond donors (Lipinski definition) is 1. The predicted molar refractivity (Wildman–Crippen MR) is 73.8 cm³/mol. The molecule has 2 heterocycles. The van der Waals surface area contributed by atoms with Gasteiger partial charge in [-0.2, -0.15) is 0 Å². The van der Waals surface area contributed by atoms with Gasteiger partial charge in [-0.05, 0) is 27.7 Å². The summed E-state index contributed by atoms with van der Waals surface area (Å²) in [4.78, 5) is 2.35. The van der Waals surface area contributed by atoms with Crippen LogP contribution in [-0.4, -0.2) is 64.7 Å². The summed E-state index contributed by atoms with van der Waals surface area (Å²) in [5.41, 5.74) is 0. The molecule has 0 aliphatic carbocycles. The van der Waals surface area contributed by atoms with Gasteiger partial charge in [-0.1, -0.05) is 0 Å². The average molecular weight is 275 g/mol. The van der Waals surface area contributed by atoms with Gasteiger partial charge in [-0.3, -0.25) is 4.90 Å². The zero-order valence-electron chi connectivity index (χ0n) is 11.7. The molecule has 1 N–H and O–H groups in total. The molecular weight excluding hydrogens is 250 g/mol. The minimum Gasteiger partial charge on any atom is -0.395 e. The Labute approximate surface area is 114 Å². The Morgan fingerprint density at radius 3 is 2.33 bits per heavy atom. The van der Waals surface area contributed by atoms with Crippen LogP contribution in [0, 0.1) is 0 Å². The molecule has 0 amide bonds. The molecule has 0 aromatic carbocycles. The molecule has 4 nitrogen and oxygen atoms in total. The Kier molecular flexibility index (Phi) is 4.94. The molecular formula is C13H25NO3S. The highest BCUT2D eigenvalue weighted by atomic mass is 32.2. The van der Waals surface area contributed by atoms with Crippen LogP contribution in [0.4, 0.5) is 0 Å². The van der Waals surface area contributed by atoms with Crippen molar-refractivity contribution >= 4 is 11.8 Å². The fourth-order valence-electron chi connectivity index (χ4n) is 2.86. The number of rotatable bonds is 5. The fourth-order valence-corrected chi connectivity index (χ4v) is 4.28. The molecule has 2 aliphatic rings. The van der Waals surface area contributed by atoms with Crippen LogP contribution in [0.25, 0.3) is 0 Å². The van der Waals surface area contributed by atoms with Crippen molar-refractivity contribution in [1.29, 1.82) is 0 Å². The molecule has 0 spiro atoms. The Balaban J connectivity index is 2.15. The SMILES string of the molecule is CC(C)O[C@@H]1[C@H](OC(C)C)[C@H](CO)N2CCS[C@@H]12. The van der Waals surface area contributed by atoms with Crippen molar-refractivity contribution in [3.8, 4) is 0 Å². The summed E-state index contributed by atoms with van der Waals surface area (Å²) in [5.74, 6) is 1.12. The van der Waals surface area contributed by atoms with Crippen molar-refractivity contribution in [2.24, 2.45) is 0 Å². The van der Waals surface area contributed by atoms with Gasteiger partial charge in [-0.15, -0.1) is 11.8 Å². The van der Waals surface area contributed by atoms with Gasteiger partial charge in [0.2, 0.25) is 0 Å². The van der Waals surface area contributed by atoms with Crippen LogP contribution in [0.3, 0.4) is 0 Å². The molecule has 2 saturated heterocycles. The molecule has 2 aliphatic heterocycles. The first kappa shape index (κ1) is 14.6. The molecule has 0 saturated carbocycles. The van der Waals surface area contributed by atoms with Gasteiger partial charge in [-0.25, -0.2) is 0 Å². The first-order valence-corrected chi connectivity index (χ1v) is 7.88. The van der Waals surface area contributed by atoms with Crippen molar-refractivity contribution in [3.63, 3.8) is 0 Å². The van der Waals surface area contributed by atoms with E-state index in [1.54, 1.807) is 0 Å². The summed E-state index contributed by atoms with van der Waals surface area (Å²) < 4.78 is 12.1. The van der Waals surface area contributed by atoms with Crippen LogP contribution in [0.5, 0.6) is 0 Å². The van der Waals surface area contributed by atoms with E-state index in [0.29, 0.717) is 5.37 Å². The molecule has 0 unspecified atom stereocenters. The minimum absolute atomic E-state index is 0.0183. The van der Waals surface area contributed by atoms with Crippen LogP contribution in [-0.2, 0) is 9.47 Å². The van der Waals surface area contributed by atoms with Gasteiger partial charge in [0.25, 0.3) is 0 Å². The van der Waals surface area contributed by atoms with Crippen LogP contribution >= 0.6 is 11.8 Å². The molecule has 0 bridgehead atoms. The number of ether oxygens (including phenoxy) is 2. The first-order chi connectivity index (χ1) is 8.54. The Morgan fingerprint density at radius 1 is 1.17 bits per heavy atom. The molecule has 2 fully saturated rings. The molecule has 2 rings (SSSR count). The van der Waals surface area contributed by atoms with E-state index in [9.17, 15) is 5.11 Å². The minimum atomic E-state index is -0.0183. The second kappa shape index (κ2) is 6.09.